The van der Waals surface area contributed by atoms with Crippen molar-refractivity contribution in [2.24, 2.45) is 0 Å². The molecule has 0 N–H and O–H groups in total. The van der Waals surface area contributed by atoms with Gasteiger partial charge in [-0.2, -0.15) is 0 Å². The number of fused-ring (bicyclic) bond motifs is 2. The molecule has 0 radical (unpaired) electrons. The Hall–Kier alpha value is -3.36. The van der Waals surface area contributed by atoms with E-state index in [2.05, 4.69) is 46.4 Å². The summed E-state index contributed by atoms with van der Waals surface area (Å²) in [5.74, 6) is 0.479. The maximum absolute atomic E-state index is 12.7. The minimum atomic E-state index is -0.248. The van der Waals surface area contributed by atoms with E-state index in [1.807, 2.05) is 35.6 Å². The Balaban J connectivity index is 0.989. The van der Waals surface area contributed by atoms with E-state index in [0.717, 1.165) is 81.5 Å². The summed E-state index contributed by atoms with van der Waals surface area (Å²) in [6, 6.07) is 18.0. The predicted molar refractivity (Wildman–Crippen MR) is 196 cm³/mol. The number of ether oxygens (including phenoxy) is 2. The molecule has 254 valence electrons. The molecule has 1 aliphatic heterocycles. The number of rotatable bonds is 20. The molecule has 0 saturated carbocycles. The Bertz CT molecular complexity index is 1590. The zero-order valence-corrected chi connectivity index (χ0v) is 29.1. The van der Waals surface area contributed by atoms with E-state index < -0.39 is 0 Å². The lowest BCUT2D eigenvalue weighted by atomic mass is 10.1. The SMILES string of the molecule is CCCCCCCCCCCCC(=O)OCn1c(=O)ccc2ccc(OCCCCN3CCN(c4cccc5sccc45)CC3)cc21. The number of pyridine rings is 1. The number of anilines is 1. The number of thiophene rings is 1. The number of hydrogen-bond acceptors (Lipinski definition) is 7. The van der Waals surface area contributed by atoms with Crippen molar-refractivity contribution >= 4 is 44.0 Å². The van der Waals surface area contributed by atoms with Gasteiger partial charge in [0, 0.05) is 60.5 Å². The quantitative estimate of drug-likeness (QED) is 0.0697. The molecule has 0 spiro atoms. The molecular formula is C39H53N3O4S. The average Bonchev–Trinajstić information content (AvgIpc) is 3.58. The number of aromatic nitrogens is 1. The van der Waals surface area contributed by atoms with Crippen LogP contribution in [0.1, 0.15) is 90.4 Å². The Morgan fingerprint density at radius 2 is 1.55 bits per heavy atom. The van der Waals surface area contributed by atoms with Gasteiger partial charge in [0.25, 0.3) is 5.56 Å². The summed E-state index contributed by atoms with van der Waals surface area (Å²) in [7, 11) is 0. The molecule has 1 fully saturated rings. The average molecular weight is 660 g/mol. The first-order valence-electron chi connectivity index (χ1n) is 18.0. The van der Waals surface area contributed by atoms with Crippen molar-refractivity contribution in [3.8, 4) is 5.75 Å². The first kappa shape index (κ1) is 35.0. The van der Waals surface area contributed by atoms with E-state index in [1.165, 1.54) is 71.4 Å². The van der Waals surface area contributed by atoms with Crippen LogP contribution in [0.15, 0.2) is 64.8 Å². The topological polar surface area (TPSA) is 64.0 Å². The van der Waals surface area contributed by atoms with Crippen LogP contribution in [0.5, 0.6) is 5.75 Å². The highest BCUT2D eigenvalue weighted by molar-refractivity contribution is 7.17. The van der Waals surface area contributed by atoms with Gasteiger partial charge in [-0.25, -0.2) is 0 Å². The molecule has 1 aliphatic rings. The molecule has 0 bridgehead atoms. The van der Waals surface area contributed by atoms with E-state index in [1.54, 1.807) is 0 Å². The van der Waals surface area contributed by atoms with Gasteiger partial charge in [0.15, 0.2) is 6.73 Å². The van der Waals surface area contributed by atoms with Crippen molar-refractivity contribution in [3.63, 3.8) is 0 Å². The van der Waals surface area contributed by atoms with Gasteiger partial charge in [-0.1, -0.05) is 70.8 Å². The second kappa shape index (κ2) is 18.8. The number of nitrogens with zero attached hydrogens (tertiary/aromatic N) is 3. The Labute approximate surface area is 284 Å². The molecule has 2 aromatic carbocycles. The Morgan fingerprint density at radius 3 is 2.34 bits per heavy atom. The lowest BCUT2D eigenvalue weighted by Gasteiger charge is -2.36. The molecule has 2 aromatic heterocycles. The molecule has 0 atom stereocenters. The van der Waals surface area contributed by atoms with Crippen molar-refractivity contribution in [3.05, 3.63) is 70.3 Å². The van der Waals surface area contributed by atoms with Gasteiger partial charge in [-0.15, -0.1) is 11.3 Å². The lowest BCUT2D eigenvalue weighted by molar-refractivity contribution is -0.147. The monoisotopic (exact) mass is 659 g/mol. The number of esters is 1. The second-order valence-electron chi connectivity index (χ2n) is 12.9. The number of hydrogen-bond donors (Lipinski definition) is 0. The van der Waals surface area contributed by atoms with E-state index in [-0.39, 0.29) is 18.3 Å². The van der Waals surface area contributed by atoms with Crippen LogP contribution < -0.4 is 15.2 Å². The molecule has 5 rings (SSSR count). The van der Waals surface area contributed by atoms with Crippen LogP contribution in [0.2, 0.25) is 0 Å². The summed E-state index contributed by atoms with van der Waals surface area (Å²) < 4.78 is 14.5. The van der Waals surface area contributed by atoms with Crippen molar-refractivity contribution in [2.75, 3.05) is 44.2 Å². The highest BCUT2D eigenvalue weighted by atomic mass is 32.1. The molecule has 8 heteroatoms. The fourth-order valence-electron chi connectivity index (χ4n) is 6.55. The minimum Gasteiger partial charge on any atom is -0.494 e. The molecule has 47 heavy (non-hydrogen) atoms. The normalized spacial score (nSPS) is 13.9. The van der Waals surface area contributed by atoms with Crippen LogP contribution in [0.3, 0.4) is 0 Å². The number of benzene rings is 2. The Morgan fingerprint density at radius 1 is 0.809 bits per heavy atom. The summed E-state index contributed by atoms with van der Waals surface area (Å²) in [5, 5.41) is 4.47. The van der Waals surface area contributed by atoms with E-state index in [0.29, 0.717) is 13.0 Å². The highest BCUT2D eigenvalue weighted by Gasteiger charge is 2.18. The third kappa shape index (κ3) is 10.6. The third-order valence-corrected chi connectivity index (χ3v) is 10.3. The van der Waals surface area contributed by atoms with Crippen LogP contribution in [0.4, 0.5) is 5.69 Å². The third-order valence-electron chi connectivity index (χ3n) is 9.38. The van der Waals surface area contributed by atoms with Crippen LogP contribution >= 0.6 is 11.3 Å². The van der Waals surface area contributed by atoms with Gasteiger partial charge >= 0.3 is 5.97 Å². The summed E-state index contributed by atoms with van der Waals surface area (Å²) in [6.07, 6.45) is 14.6. The smallest absolute Gasteiger partial charge is 0.307 e. The molecule has 3 heterocycles. The van der Waals surface area contributed by atoms with Gasteiger partial charge < -0.3 is 14.4 Å². The summed E-state index contributed by atoms with van der Waals surface area (Å²) in [5.41, 5.74) is 1.89. The van der Waals surface area contributed by atoms with Crippen LogP contribution in [-0.2, 0) is 16.3 Å². The molecule has 0 amide bonds. The molecule has 0 aliphatic carbocycles. The van der Waals surface area contributed by atoms with E-state index in [4.69, 9.17) is 9.47 Å². The fourth-order valence-corrected chi connectivity index (χ4v) is 7.36. The summed E-state index contributed by atoms with van der Waals surface area (Å²) in [4.78, 5) is 30.2. The van der Waals surface area contributed by atoms with Gasteiger partial charge in [0.2, 0.25) is 0 Å². The van der Waals surface area contributed by atoms with Crippen molar-refractivity contribution < 1.29 is 14.3 Å². The molecule has 1 saturated heterocycles. The number of carbonyl (C=O) groups excluding carboxylic acids is 1. The second-order valence-corrected chi connectivity index (χ2v) is 13.8. The zero-order valence-electron chi connectivity index (χ0n) is 28.3. The molecule has 7 nitrogen and oxygen atoms in total. The van der Waals surface area contributed by atoms with Gasteiger partial charge in [-0.05, 0) is 73.0 Å². The number of unbranched alkanes of at least 4 members (excludes halogenated alkanes) is 10. The van der Waals surface area contributed by atoms with Gasteiger partial charge in [-0.3, -0.25) is 19.1 Å². The molecule has 4 aromatic rings. The first-order valence-corrected chi connectivity index (χ1v) is 18.9. The van der Waals surface area contributed by atoms with E-state index in [9.17, 15) is 9.59 Å². The first-order chi connectivity index (χ1) is 23.1. The lowest BCUT2D eigenvalue weighted by Crippen LogP contribution is -2.46. The number of carbonyl (C=O) groups is 1. The largest absolute Gasteiger partial charge is 0.494 e. The zero-order chi connectivity index (χ0) is 32.7. The maximum atomic E-state index is 12.7. The molecule has 0 unspecified atom stereocenters. The fraction of sp³-hybridized carbons (Fsp3) is 0.538. The standard InChI is InChI=1S/C39H53N3O4S/c1-2-3-4-5-6-7-8-9-10-11-17-39(44)46-31-42-36-30-33(20-18-32(36)19-21-38(42)43)45-28-13-12-23-40-24-26-41(27-25-40)35-15-14-16-37-34(35)22-29-47-37/h14-16,18-22,29-30H,2-13,17,23-28,31H2,1H3. The number of piperazine rings is 1. The summed E-state index contributed by atoms with van der Waals surface area (Å²) in [6.45, 7) is 8.12. The van der Waals surface area contributed by atoms with Crippen molar-refractivity contribution in [1.29, 1.82) is 0 Å². The molecular weight excluding hydrogens is 607 g/mol. The maximum Gasteiger partial charge on any atom is 0.307 e. The van der Waals surface area contributed by atoms with Crippen LogP contribution in [0, 0.1) is 0 Å². The van der Waals surface area contributed by atoms with Crippen molar-refractivity contribution in [2.45, 2.75) is 97.1 Å². The predicted octanol–water partition coefficient (Wildman–Crippen LogP) is 9.01. The van der Waals surface area contributed by atoms with Gasteiger partial charge in [0.1, 0.15) is 5.75 Å². The van der Waals surface area contributed by atoms with Gasteiger partial charge in [0.05, 0.1) is 12.1 Å². The summed E-state index contributed by atoms with van der Waals surface area (Å²) >= 11 is 1.81. The van der Waals surface area contributed by atoms with Crippen LogP contribution in [-0.4, -0.2) is 54.8 Å². The minimum absolute atomic E-state index is 0.0775. The Kier molecular flexibility index (Phi) is 14.0. The highest BCUT2D eigenvalue weighted by Crippen LogP contribution is 2.31. The van der Waals surface area contributed by atoms with Crippen LogP contribution in [0.25, 0.3) is 21.0 Å². The van der Waals surface area contributed by atoms with Crippen molar-refractivity contribution in [1.82, 2.24) is 9.47 Å². The van der Waals surface area contributed by atoms with E-state index >= 15 is 0 Å².